The molecular formula is C7H7Cl2N3OS. The summed E-state index contributed by atoms with van der Waals surface area (Å²) < 4.78 is 0. The van der Waals surface area contributed by atoms with E-state index in [1.54, 1.807) is 0 Å². The largest absolute Gasteiger partial charge is 0.383 e. The van der Waals surface area contributed by atoms with E-state index < -0.39 is 0 Å². The van der Waals surface area contributed by atoms with Gasteiger partial charge in [0.1, 0.15) is 5.82 Å². The molecule has 4 nitrogen and oxygen atoms in total. The van der Waals surface area contributed by atoms with Crippen molar-refractivity contribution in [1.29, 1.82) is 0 Å². The van der Waals surface area contributed by atoms with Crippen molar-refractivity contribution in [3.05, 3.63) is 27.0 Å². The van der Waals surface area contributed by atoms with Gasteiger partial charge in [-0.05, 0) is 0 Å². The highest BCUT2D eigenvalue weighted by molar-refractivity contribution is 7.99. The number of halogens is 2. The van der Waals surface area contributed by atoms with E-state index in [2.05, 4.69) is 9.97 Å². The first-order chi connectivity index (χ1) is 6.61. The Morgan fingerprint density at radius 3 is 3.07 bits per heavy atom. The molecule has 3 N–H and O–H groups in total. The van der Waals surface area contributed by atoms with Crippen molar-refractivity contribution in [1.82, 2.24) is 9.97 Å². The van der Waals surface area contributed by atoms with Gasteiger partial charge in [-0.15, -0.1) is 0 Å². The lowest BCUT2D eigenvalue weighted by Crippen LogP contribution is -2.09. The molecule has 0 amide bonds. The van der Waals surface area contributed by atoms with Crippen LogP contribution in [0.15, 0.2) is 26.6 Å². The Hall–Kier alpha value is -0.650. The number of rotatable bonds is 3. The van der Waals surface area contributed by atoms with E-state index in [-0.39, 0.29) is 11.4 Å². The van der Waals surface area contributed by atoms with Gasteiger partial charge in [0, 0.05) is 22.4 Å². The number of aromatic nitrogens is 2. The molecule has 0 spiro atoms. The SMILES string of the molecule is Nc1cc(=O)[nH]c(SCC(Cl)=CCl)n1. The van der Waals surface area contributed by atoms with Gasteiger partial charge in [-0.25, -0.2) is 4.98 Å². The third-order valence-corrected chi connectivity index (χ3v) is 2.90. The maximum atomic E-state index is 11.0. The Labute approximate surface area is 94.5 Å². The fourth-order valence-electron chi connectivity index (χ4n) is 0.690. The van der Waals surface area contributed by atoms with Crippen LogP contribution in [0.3, 0.4) is 0 Å². The minimum absolute atomic E-state index is 0.183. The summed E-state index contributed by atoms with van der Waals surface area (Å²) in [7, 11) is 0. The highest BCUT2D eigenvalue weighted by Gasteiger charge is 2.00. The molecule has 1 heterocycles. The first kappa shape index (κ1) is 11.4. The van der Waals surface area contributed by atoms with Crippen LogP contribution in [0, 0.1) is 0 Å². The van der Waals surface area contributed by atoms with Gasteiger partial charge in [0.15, 0.2) is 5.16 Å². The molecule has 1 aromatic rings. The van der Waals surface area contributed by atoms with Crippen molar-refractivity contribution in [2.75, 3.05) is 11.5 Å². The zero-order chi connectivity index (χ0) is 10.6. The Kier molecular flexibility index (Phi) is 4.31. The number of nitrogens with one attached hydrogen (secondary N) is 1. The van der Waals surface area contributed by atoms with Crippen LogP contribution in [0.25, 0.3) is 0 Å². The number of aromatic amines is 1. The minimum atomic E-state index is -0.286. The molecule has 1 rings (SSSR count). The lowest BCUT2D eigenvalue weighted by Gasteiger charge is -1.99. The van der Waals surface area contributed by atoms with Gasteiger partial charge < -0.3 is 10.7 Å². The normalized spacial score (nSPS) is 11.7. The van der Waals surface area contributed by atoms with Crippen LogP contribution in [0.1, 0.15) is 0 Å². The molecule has 14 heavy (non-hydrogen) atoms. The number of nitrogens with zero attached hydrogens (tertiary/aromatic N) is 1. The second-order valence-electron chi connectivity index (χ2n) is 2.32. The predicted octanol–water partition coefficient (Wildman–Crippen LogP) is 1.76. The van der Waals surface area contributed by atoms with Crippen LogP contribution in [-0.4, -0.2) is 15.7 Å². The summed E-state index contributed by atoms with van der Waals surface area (Å²) in [5.74, 6) is 0.625. The highest BCUT2D eigenvalue weighted by Crippen LogP contribution is 2.18. The predicted molar refractivity (Wildman–Crippen MR) is 59.8 cm³/mol. The van der Waals surface area contributed by atoms with Crippen LogP contribution in [0.5, 0.6) is 0 Å². The van der Waals surface area contributed by atoms with E-state index in [4.69, 9.17) is 28.9 Å². The van der Waals surface area contributed by atoms with E-state index in [0.29, 0.717) is 15.9 Å². The lowest BCUT2D eigenvalue weighted by atomic mass is 10.6. The monoisotopic (exact) mass is 251 g/mol. The summed E-state index contributed by atoms with van der Waals surface area (Å²) in [6.45, 7) is 0. The molecule has 0 aliphatic carbocycles. The summed E-state index contributed by atoms with van der Waals surface area (Å²) >= 11 is 12.3. The molecule has 0 saturated heterocycles. The fraction of sp³-hybridized carbons (Fsp3) is 0.143. The first-order valence-corrected chi connectivity index (χ1v) is 5.36. The van der Waals surface area contributed by atoms with Crippen molar-refractivity contribution >= 4 is 40.8 Å². The number of anilines is 1. The van der Waals surface area contributed by atoms with Crippen LogP contribution in [0.4, 0.5) is 5.82 Å². The average Bonchev–Trinajstić information content (AvgIpc) is 2.12. The summed E-state index contributed by atoms with van der Waals surface area (Å²) in [5.41, 5.74) is 6.36. The zero-order valence-electron chi connectivity index (χ0n) is 6.96. The van der Waals surface area contributed by atoms with Gasteiger partial charge in [0.05, 0.1) is 0 Å². The van der Waals surface area contributed by atoms with Crippen LogP contribution in [0.2, 0.25) is 0 Å². The van der Waals surface area contributed by atoms with Crippen LogP contribution in [-0.2, 0) is 0 Å². The van der Waals surface area contributed by atoms with Gasteiger partial charge in [-0.2, -0.15) is 0 Å². The molecule has 76 valence electrons. The van der Waals surface area contributed by atoms with E-state index in [0.717, 1.165) is 0 Å². The van der Waals surface area contributed by atoms with E-state index in [9.17, 15) is 4.79 Å². The Morgan fingerprint density at radius 1 is 1.79 bits per heavy atom. The van der Waals surface area contributed by atoms with Crippen molar-refractivity contribution in [3.63, 3.8) is 0 Å². The number of nitrogens with two attached hydrogens (primary N) is 1. The van der Waals surface area contributed by atoms with E-state index in [1.807, 2.05) is 0 Å². The first-order valence-electron chi connectivity index (χ1n) is 3.56. The number of hydrogen-bond acceptors (Lipinski definition) is 4. The fourth-order valence-corrected chi connectivity index (χ4v) is 1.72. The maximum Gasteiger partial charge on any atom is 0.253 e. The summed E-state index contributed by atoms with van der Waals surface area (Å²) in [5, 5.41) is 0.897. The molecule has 7 heteroatoms. The second kappa shape index (κ2) is 5.29. The standard InChI is InChI=1S/C7H7Cl2N3OS/c8-2-4(9)3-14-7-11-5(10)1-6(13)12-7/h1-2H,3H2,(H3,10,11,12,13). The van der Waals surface area contributed by atoms with Crippen molar-refractivity contribution < 1.29 is 0 Å². The molecule has 0 aliphatic rings. The third kappa shape index (κ3) is 3.61. The smallest absolute Gasteiger partial charge is 0.253 e. The zero-order valence-corrected chi connectivity index (χ0v) is 9.29. The number of thioether (sulfide) groups is 1. The molecule has 0 unspecified atom stereocenters. The highest BCUT2D eigenvalue weighted by atomic mass is 35.5. The molecule has 0 bridgehead atoms. The second-order valence-corrected chi connectivity index (χ2v) is 3.99. The van der Waals surface area contributed by atoms with Crippen molar-refractivity contribution in [3.8, 4) is 0 Å². The maximum absolute atomic E-state index is 11.0. The van der Waals surface area contributed by atoms with Gasteiger partial charge >= 0.3 is 0 Å². The molecule has 0 atom stereocenters. The minimum Gasteiger partial charge on any atom is -0.383 e. The number of H-pyrrole nitrogens is 1. The van der Waals surface area contributed by atoms with Gasteiger partial charge in [0.2, 0.25) is 0 Å². The van der Waals surface area contributed by atoms with Gasteiger partial charge in [-0.3, -0.25) is 4.79 Å². The molecular weight excluding hydrogens is 245 g/mol. The Bertz CT molecular complexity index is 404. The molecule has 0 radical (unpaired) electrons. The summed E-state index contributed by atoms with van der Waals surface area (Å²) in [6, 6.07) is 1.21. The number of hydrogen-bond donors (Lipinski definition) is 2. The molecule has 0 aromatic carbocycles. The van der Waals surface area contributed by atoms with Gasteiger partial charge in [0.25, 0.3) is 5.56 Å². The summed E-state index contributed by atoms with van der Waals surface area (Å²) in [6.07, 6.45) is 0. The molecule has 0 saturated carbocycles. The van der Waals surface area contributed by atoms with E-state index >= 15 is 0 Å². The van der Waals surface area contributed by atoms with Crippen molar-refractivity contribution in [2.24, 2.45) is 0 Å². The lowest BCUT2D eigenvalue weighted by molar-refractivity contribution is 0.947. The summed E-state index contributed by atoms with van der Waals surface area (Å²) in [4.78, 5) is 17.4. The van der Waals surface area contributed by atoms with Crippen molar-refractivity contribution in [2.45, 2.75) is 5.16 Å². The number of nitrogen functional groups attached to an aromatic ring is 1. The Balaban J connectivity index is 2.73. The average molecular weight is 252 g/mol. The van der Waals surface area contributed by atoms with Gasteiger partial charge in [-0.1, -0.05) is 35.0 Å². The third-order valence-electron chi connectivity index (χ3n) is 1.20. The molecule has 0 fully saturated rings. The van der Waals surface area contributed by atoms with E-state index in [1.165, 1.54) is 23.4 Å². The quantitative estimate of drug-likeness (QED) is 0.635. The van der Waals surface area contributed by atoms with Crippen LogP contribution < -0.4 is 11.3 Å². The topological polar surface area (TPSA) is 71.8 Å². The molecule has 1 aromatic heterocycles. The Morgan fingerprint density at radius 2 is 2.50 bits per heavy atom. The molecule has 0 aliphatic heterocycles. The van der Waals surface area contributed by atoms with Crippen LogP contribution >= 0.6 is 35.0 Å².